The van der Waals surface area contributed by atoms with Gasteiger partial charge in [-0.2, -0.15) is 0 Å². The molecular formula is C12H19N3OS2. The van der Waals surface area contributed by atoms with E-state index in [0.29, 0.717) is 13.0 Å². The van der Waals surface area contributed by atoms with Crippen molar-refractivity contribution in [3.63, 3.8) is 0 Å². The Hall–Kier alpha value is -1.01. The van der Waals surface area contributed by atoms with Gasteiger partial charge in [0, 0.05) is 12.4 Å². The topological polar surface area (TPSA) is 59.2 Å². The van der Waals surface area contributed by atoms with E-state index in [0.717, 1.165) is 10.7 Å². The van der Waals surface area contributed by atoms with Crippen molar-refractivity contribution >= 4 is 34.5 Å². The molecule has 1 atom stereocenters. The van der Waals surface area contributed by atoms with Crippen LogP contribution in [0, 0.1) is 12.3 Å². The molecule has 1 aromatic rings. The van der Waals surface area contributed by atoms with Gasteiger partial charge in [-0.3, -0.25) is 4.79 Å². The van der Waals surface area contributed by atoms with E-state index in [4.69, 9.17) is 18.0 Å². The van der Waals surface area contributed by atoms with Crippen LogP contribution in [0.5, 0.6) is 0 Å². The molecule has 0 bridgehead atoms. The molecule has 0 radical (unpaired) electrons. The highest BCUT2D eigenvalue weighted by Gasteiger charge is 2.36. The average Bonchev–Trinajstić information content (AvgIpc) is 2.72. The predicted molar refractivity (Wildman–Crippen MR) is 78.5 cm³/mol. The molecule has 1 unspecified atom stereocenters. The summed E-state index contributed by atoms with van der Waals surface area (Å²) < 4.78 is 0. The summed E-state index contributed by atoms with van der Waals surface area (Å²) in [6.45, 7) is 6.14. The van der Waals surface area contributed by atoms with Crippen LogP contribution in [0.4, 0.5) is 0 Å². The highest BCUT2D eigenvalue weighted by Crippen LogP contribution is 2.25. The van der Waals surface area contributed by atoms with Gasteiger partial charge in [0.15, 0.2) is 0 Å². The normalized spacial score (nSPS) is 14.0. The van der Waals surface area contributed by atoms with Gasteiger partial charge in [-0.15, -0.1) is 11.3 Å². The third kappa shape index (κ3) is 3.05. The Morgan fingerprint density at radius 2 is 2.28 bits per heavy atom. The van der Waals surface area contributed by atoms with E-state index in [2.05, 4.69) is 4.98 Å². The number of aryl methyl sites for hydroxylation is 1. The minimum atomic E-state index is -0.769. The summed E-state index contributed by atoms with van der Waals surface area (Å²) in [7, 11) is 1.75. The van der Waals surface area contributed by atoms with E-state index in [1.165, 1.54) is 0 Å². The molecule has 18 heavy (non-hydrogen) atoms. The van der Waals surface area contributed by atoms with Crippen LogP contribution in [-0.2, 0) is 11.3 Å². The summed E-state index contributed by atoms with van der Waals surface area (Å²) in [6.07, 6.45) is 0.599. The molecule has 1 amide bonds. The SMILES string of the molecule is CCC(C)(C(=O)N(C)Cc1csc(C)n1)C(N)=S. The zero-order chi connectivity index (χ0) is 13.9. The fourth-order valence-electron chi connectivity index (χ4n) is 1.65. The van der Waals surface area contributed by atoms with Crippen LogP contribution in [0.1, 0.15) is 31.0 Å². The third-order valence-corrected chi connectivity index (χ3v) is 4.41. The fraction of sp³-hybridized carbons (Fsp3) is 0.583. The second-order valence-corrected chi connectivity index (χ2v) is 6.07. The molecule has 0 aliphatic rings. The molecule has 0 aromatic carbocycles. The zero-order valence-electron chi connectivity index (χ0n) is 11.2. The molecule has 1 heterocycles. The Morgan fingerprint density at radius 1 is 1.67 bits per heavy atom. The van der Waals surface area contributed by atoms with E-state index >= 15 is 0 Å². The number of amides is 1. The first kappa shape index (κ1) is 15.0. The lowest BCUT2D eigenvalue weighted by atomic mass is 9.86. The summed E-state index contributed by atoms with van der Waals surface area (Å²) >= 11 is 6.59. The Balaban J connectivity index is 2.80. The van der Waals surface area contributed by atoms with Gasteiger partial charge in [0.25, 0.3) is 0 Å². The maximum absolute atomic E-state index is 12.4. The summed E-state index contributed by atoms with van der Waals surface area (Å²) in [5, 5.41) is 2.96. The van der Waals surface area contributed by atoms with Crippen molar-refractivity contribution in [2.45, 2.75) is 33.7 Å². The lowest BCUT2D eigenvalue weighted by molar-refractivity contribution is -0.137. The molecule has 0 aliphatic carbocycles. The molecule has 0 fully saturated rings. The van der Waals surface area contributed by atoms with Crippen LogP contribution in [0.2, 0.25) is 0 Å². The van der Waals surface area contributed by atoms with E-state index in [1.54, 1.807) is 30.2 Å². The number of carbonyl (C=O) groups excluding carboxylic acids is 1. The number of carbonyl (C=O) groups is 1. The molecule has 2 N–H and O–H groups in total. The van der Waals surface area contributed by atoms with Gasteiger partial charge < -0.3 is 10.6 Å². The minimum absolute atomic E-state index is 0.0526. The predicted octanol–water partition coefficient (Wildman–Crippen LogP) is 2.11. The number of thiocarbonyl (C=S) groups is 1. The van der Waals surface area contributed by atoms with E-state index in [1.807, 2.05) is 19.2 Å². The van der Waals surface area contributed by atoms with Crippen LogP contribution in [0.15, 0.2) is 5.38 Å². The lowest BCUT2D eigenvalue weighted by Gasteiger charge is -2.30. The molecule has 0 aliphatic heterocycles. The number of nitrogens with zero attached hydrogens (tertiary/aromatic N) is 2. The summed E-state index contributed by atoms with van der Waals surface area (Å²) in [5.41, 5.74) is 5.82. The van der Waals surface area contributed by atoms with Crippen LogP contribution in [0.25, 0.3) is 0 Å². The third-order valence-electron chi connectivity index (χ3n) is 3.14. The Labute approximate surface area is 117 Å². The summed E-state index contributed by atoms with van der Waals surface area (Å²) in [6, 6.07) is 0. The Kier molecular flexibility index (Phi) is 4.81. The highest BCUT2D eigenvalue weighted by atomic mass is 32.1. The first-order valence-corrected chi connectivity index (χ1v) is 7.06. The maximum Gasteiger partial charge on any atom is 0.235 e. The number of aromatic nitrogens is 1. The van der Waals surface area contributed by atoms with E-state index in [9.17, 15) is 4.79 Å². The van der Waals surface area contributed by atoms with Gasteiger partial charge in [0.2, 0.25) is 5.91 Å². The Bertz CT molecular complexity index is 458. The van der Waals surface area contributed by atoms with Crippen molar-refractivity contribution in [2.75, 3.05) is 7.05 Å². The van der Waals surface area contributed by atoms with Crippen molar-refractivity contribution < 1.29 is 4.79 Å². The summed E-state index contributed by atoms with van der Waals surface area (Å²) in [4.78, 5) is 18.6. The average molecular weight is 285 g/mol. The van der Waals surface area contributed by atoms with Crippen molar-refractivity contribution in [3.05, 3.63) is 16.1 Å². The van der Waals surface area contributed by atoms with Gasteiger partial charge in [-0.05, 0) is 20.3 Å². The number of rotatable bonds is 5. The highest BCUT2D eigenvalue weighted by molar-refractivity contribution is 7.80. The maximum atomic E-state index is 12.4. The monoisotopic (exact) mass is 285 g/mol. The van der Waals surface area contributed by atoms with Crippen LogP contribution >= 0.6 is 23.6 Å². The minimum Gasteiger partial charge on any atom is -0.392 e. The molecule has 100 valence electrons. The molecule has 0 saturated carbocycles. The first-order chi connectivity index (χ1) is 8.31. The molecule has 4 nitrogen and oxygen atoms in total. The molecule has 6 heteroatoms. The van der Waals surface area contributed by atoms with Gasteiger partial charge in [0.05, 0.1) is 27.6 Å². The molecule has 1 rings (SSSR count). The lowest BCUT2D eigenvalue weighted by Crippen LogP contribution is -2.47. The van der Waals surface area contributed by atoms with Gasteiger partial charge in [-0.1, -0.05) is 19.1 Å². The second kappa shape index (κ2) is 5.75. The van der Waals surface area contributed by atoms with Crippen molar-refractivity contribution in [1.29, 1.82) is 0 Å². The number of nitrogens with two attached hydrogens (primary N) is 1. The van der Waals surface area contributed by atoms with Gasteiger partial charge in [0.1, 0.15) is 0 Å². The molecular weight excluding hydrogens is 266 g/mol. The standard InChI is InChI=1S/C12H19N3OS2/c1-5-12(3,10(13)17)11(16)15(4)6-9-7-18-8(2)14-9/h7H,5-6H2,1-4H3,(H2,13,17). The van der Waals surface area contributed by atoms with E-state index < -0.39 is 5.41 Å². The number of hydrogen-bond donors (Lipinski definition) is 1. The van der Waals surface area contributed by atoms with Gasteiger partial charge >= 0.3 is 0 Å². The fourth-order valence-corrected chi connectivity index (χ4v) is 2.48. The van der Waals surface area contributed by atoms with Crippen molar-refractivity contribution in [1.82, 2.24) is 9.88 Å². The summed E-state index contributed by atoms with van der Waals surface area (Å²) in [5.74, 6) is -0.0526. The Morgan fingerprint density at radius 3 is 2.67 bits per heavy atom. The number of hydrogen-bond acceptors (Lipinski definition) is 4. The van der Waals surface area contributed by atoms with E-state index in [-0.39, 0.29) is 10.9 Å². The van der Waals surface area contributed by atoms with Crippen LogP contribution in [0.3, 0.4) is 0 Å². The molecule has 0 spiro atoms. The first-order valence-electron chi connectivity index (χ1n) is 5.77. The smallest absolute Gasteiger partial charge is 0.235 e. The number of thiazole rings is 1. The largest absolute Gasteiger partial charge is 0.392 e. The van der Waals surface area contributed by atoms with Gasteiger partial charge in [-0.25, -0.2) is 4.98 Å². The zero-order valence-corrected chi connectivity index (χ0v) is 12.8. The quantitative estimate of drug-likeness (QED) is 0.842. The van der Waals surface area contributed by atoms with Crippen molar-refractivity contribution in [3.8, 4) is 0 Å². The van der Waals surface area contributed by atoms with Crippen molar-refractivity contribution in [2.24, 2.45) is 11.1 Å². The van der Waals surface area contributed by atoms with Crippen LogP contribution in [-0.4, -0.2) is 27.8 Å². The molecule has 0 saturated heterocycles. The van der Waals surface area contributed by atoms with Crippen LogP contribution < -0.4 is 5.73 Å². The second-order valence-electron chi connectivity index (χ2n) is 4.57. The molecule has 1 aromatic heterocycles.